The highest BCUT2D eigenvalue weighted by molar-refractivity contribution is 4.61. The zero-order valence-electron chi connectivity index (χ0n) is 6.82. The van der Waals surface area contributed by atoms with Gasteiger partial charge in [-0.15, -0.1) is 0 Å². The van der Waals surface area contributed by atoms with Gasteiger partial charge in [0.05, 0.1) is 0 Å². The van der Waals surface area contributed by atoms with Gasteiger partial charge in [-0.1, -0.05) is 27.7 Å². The minimum absolute atomic E-state index is 0.187. The van der Waals surface area contributed by atoms with Crippen LogP contribution in [0.4, 0.5) is 4.39 Å². The van der Waals surface area contributed by atoms with E-state index < -0.39 is 6.17 Å². The molecule has 0 aliphatic carbocycles. The Kier molecular flexibility index (Phi) is 3.83. The van der Waals surface area contributed by atoms with Gasteiger partial charge in [-0.05, 0) is 18.3 Å². The molecule has 0 rings (SSSR count). The zero-order valence-corrected chi connectivity index (χ0v) is 6.82. The molecule has 0 unspecified atom stereocenters. The maximum Gasteiger partial charge on any atom is 0.103 e. The molecule has 0 aromatic carbocycles. The van der Waals surface area contributed by atoms with Crippen LogP contribution in [0.25, 0.3) is 0 Å². The lowest BCUT2D eigenvalue weighted by Crippen LogP contribution is -2.11. The molecule has 0 N–H and O–H groups in total. The van der Waals surface area contributed by atoms with E-state index in [0.717, 1.165) is 0 Å². The molecule has 1 atom stereocenters. The van der Waals surface area contributed by atoms with Gasteiger partial charge < -0.3 is 0 Å². The number of hydrogen-bond donors (Lipinski definition) is 0. The van der Waals surface area contributed by atoms with Crippen molar-refractivity contribution in [2.24, 2.45) is 11.8 Å². The van der Waals surface area contributed by atoms with Gasteiger partial charge in [0, 0.05) is 0 Å². The molecule has 0 fully saturated rings. The lowest BCUT2D eigenvalue weighted by atomic mass is 9.99. The second-order valence-corrected chi connectivity index (χ2v) is 3.39. The fourth-order valence-corrected chi connectivity index (χ4v) is 0.723. The van der Waals surface area contributed by atoms with Gasteiger partial charge in [-0.3, -0.25) is 0 Å². The molecule has 0 aromatic heterocycles. The van der Waals surface area contributed by atoms with Gasteiger partial charge >= 0.3 is 0 Å². The summed E-state index contributed by atoms with van der Waals surface area (Å²) in [6, 6.07) is 0. The highest BCUT2D eigenvalue weighted by atomic mass is 19.1. The Labute approximate surface area is 57.5 Å². The van der Waals surface area contributed by atoms with Crippen molar-refractivity contribution in [2.75, 3.05) is 0 Å². The number of rotatable bonds is 3. The van der Waals surface area contributed by atoms with Crippen LogP contribution in [0, 0.1) is 11.8 Å². The van der Waals surface area contributed by atoms with Gasteiger partial charge in [-0.25, -0.2) is 4.39 Å². The monoisotopic (exact) mass is 132 g/mol. The van der Waals surface area contributed by atoms with Crippen molar-refractivity contribution in [2.45, 2.75) is 40.3 Å². The van der Waals surface area contributed by atoms with E-state index in [1.54, 1.807) is 0 Å². The smallest absolute Gasteiger partial charge is 0.103 e. The molecule has 0 amide bonds. The molecule has 0 aromatic rings. The molecule has 0 heterocycles. The van der Waals surface area contributed by atoms with Gasteiger partial charge in [0.1, 0.15) is 6.17 Å². The second-order valence-electron chi connectivity index (χ2n) is 3.39. The summed E-state index contributed by atoms with van der Waals surface area (Å²) >= 11 is 0. The summed E-state index contributed by atoms with van der Waals surface area (Å²) in [5.74, 6) is 0.676. The van der Waals surface area contributed by atoms with Crippen LogP contribution in [0.3, 0.4) is 0 Å². The molecular formula is C8H17F. The molecule has 0 spiro atoms. The van der Waals surface area contributed by atoms with Gasteiger partial charge in [-0.2, -0.15) is 0 Å². The molecule has 0 aliphatic heterocycles. The fourth-order valence-electron chi connectivity index (χ4n) is 0.723. The molecule has 0 saturated heterocycles. The van der Waals surface area contributed by atoms with Crippen LogP contribution in [-0.4, -0.2) is 6.17 Å². The Morgan fingerprint density at radius 3 is 1.67 bits per heavy atom. The van der Waals surface area contributed by atoms with E-state index in [-0.39, 0.29) is 5.92 Å². The third-order valence-electron chi connectivity index (χ3n) is 1.42. The Morgan fingerprint density at radius 2 is 1.56 bits per heavy atom. The molecule has 0 saturated carbocycles. The molecule has 0 nitrogen and oxygen atoms in total. The Hall–Kier alpha value is -0.0700. The highest BCUT2D eigenvalue weighted by Gasteiger charge is 2.12. The van der Waals surface area contributed by atoms with Gasteiger partial charge in [0.25, 0.3) is 0 Å². The summed E-state index contributed by atoms with van der Waals surface area (Å²) in [6.07, 6.45) is 0.0995. The molecule has 1 heteroatoms. The summed E-state index contributed by atoms with van der Waals surface area (Å²) in [7, 11) is 0. The van der Waals surface area contributed by atoms with Gasteiger partial charge in [0.2, 0.25) is 0 Å². The average Bonchev–Trinajstić information content (AvgIpc) is 1.63. The summed E-state index contributed by atoms with van der Waals surface area (Å²) in [6.45, 7) is 7.95. The van der Waals surface area contributed by atoms with Crippen molar-refractivity contribution in [1.29, 1.82) is 0 Å². The quantitative estimate of drug-likeness (QED) is 0.553. The zero-order chi connectivity index (χ0) is 7.44. The Balaban J connectivity index is 3.38. The summed E-state index contributed by atoms with van der Waals surface area (Å²) in [4.78, 5) is 0. The van der Waals surface area contributed by atoms with E-state index in [4.69, 9.17) is 0 Å². The summed E-state index contributed by atoms with van der Waals surface area (Å²) < 4.78 is 12.8. The maximum atomic E-state index is 12.8. The first-order valence-corrected chi connectivity index (χ1v) is 3.68. The van der Waals surface area contributed by atoms with Crippen LogP contribution in [0.15, 0.2) is 0 Å². The number of halogens is 1. The second kappa shape index (κ2) is 3.86. The molecule has 9 heavy (non-hydrogen) atoms. The van der Waals surface area contributed by atoms with Crippen molar-refractivity contribution in [3.63, 3.8) is 0 Å². The minimum atomic E-state index is -0.606. The maximum absolute atomic E-state index is 12.8. The van der Waals surface area contributed by atoms with Crippen LogP contribution >= 0.6 is 0 Å². The van der Waals surface area contributed by atoms with E-state index in [1.165, 1.54) is 0 Å². The lowest BCUT2D eigenvalue weighted by molar-refractivity contribution is 0.217. The molecule has 0 aliphatic rings. The third kappa shape index (κ3) is 4.43. The predicted molar refractivity (Wildman–Crippen MR) is 39.2 cm³/mol. The first kappa shape index (κ1) is 8.93. The van der Waals surface area contributed by atoms with Crippen molar-refractivity contribution in [3.8, 4) is 0 Å². The van der Waals surface area contributed by atoms with E-state index in [2.05, 4.69) is 13.8 Å². The SMILES string of the molecule is CC(C)C[C@H](F)C(C)C. The predicted octanol–water partition coefficient (Wildman–Crippen LogP) is 3.03. The molecule has 0 radical (unpaired) electrons. The van der Waals surface area contributed by atoms with Crippen molar-refractivity contribution >= 4 is 0 Å². The van der Waals surface area contributed by atoms with E-state index in [1.807, 2.05) is 13.8 Å². The average molecular weight is 132 g/mol. The van der Waals surface area contributed by atoms with Crippen LogP contribution in [0.5, 0.6) is 0 Å². The van der Waals surface area contributed by atoms with Crippen LogP contribution in [-0.2, 0) is 0 Å². The Morgan fingerprint density at radius 1 is 1.11 bits per heavy atom. The largest absolute Gasteiger partial charge is 0.247 e. The normalized spacial score (nSPS) is 15.0. The first-order valence-electron chi connectivity index (χ1n) is 3.68. The lowest BCUT2D eigenvalue weighted by Gasteiger charge is -2.13. The summed E-state index contributed by atoms with van der Waals surface area (Å²) in [5.41, 5.74) is 0. The van der Waals surface area contributed by atoms with E-state index >= 15 is 0 Å². The van der Waals surface area contributed by atoms with Crippen LogP contribution in [0.2, 0.25) is 0 Å². The van der Waals surface area contributed by atoms with E-state index in [0.29, 0.717) is 12.3 Å². The van der Waals surface area contributed by atoms with Crippen molar-refractivity contribution < 1.29 is 4.39 Å². The molecular weight excluding hydrogens is 115 g/mol. The first-order chi connectivity index (χ1) is 4.04. The number of hydrogen-bond acceptors (Lipinski definition) is 0. The standard InChI is InChI=1S/C8H17F/c1-6(2)5-8(9)7(3)4/h6-8H,5H2,1-4H3/t8-/m0/s1. The fraction of sp³-hybridized carbons (Fsp3) is 1.00. The summed E-state index contributed by atoms with van der Waals surface area (Å²) in [5, 5.41) is 0. The van der Waals surface area contributed by atoms with Crippen molar-refractivity contribution in [3.05, 3.63) is 0 Å². The minimum Gasteiger partial charge on any atom is -0.247 e. The van der Waals surface area contributed by atoms with Crippen LogP contribution in [0.1, 0.15) is 34.1 Å². The van der Waals surface area contributed by atoms with Gasteiger partial charge in [0.15, 0.2) is 0 Å². The third-order valence-corrected chi connectivity index (χ3v) is 1.42. The number of alkyl halides is 1. The molecule has 0 bridgehead atoms. The molecule has 56 valence electrons. The van der Waals surface area contributed by atoms with Crippen molar-refractivity contribution in [1.82, 2.24) is 0 Å². The topological polar surface area (TPSA) is 0 Å². The highest BCUT2D eigenvalue weighted by Crippen LogP contribution is 2.15. The Bertz CT molecular complexity index is 67.0. The van der Waals surface area contributed by atoms with E-state index in [9.17, 15) is 4.39 Å². The van der Waals surface area contributed by atoms with Crippen LogP contribution < -0.4 is 0 Å².